The van der Waals surface area contributed by atoms with Gasteiger partial charge < -0.3 is 10.1 Å². The minimum Gasteiger partial charge on any atom is -0.464 e. The first-order valence-corrected chi connectivity index (χ1v) is 6.76. The first kappa shape index (κ1) is 16.4. The van der Waals surface area contributed by atoms with Gasteiger partial charge in [-0.1, -0.05) is 11.6 Å². The normalized spacial score (nSPS) is 11.3. The number of hydrogen-bond acceptors (Lipinski definition) is 4. The molecule has 1 rings (SSSR count). The van der Waals surface area contributed by atoms with Crippen molar-refractivity contribution in [1.29, 1.82) is 0 Å². The number of amides is 1. The van der Waals surface area contributed by atoms with Gasteiger partial charge in [-0.15, -0.1) is 0 Å². The molecule has 0 bridgehead atoms. The number of nitrogens with one attached hydrogen (secondary N) is 2. The number of carbonyl (C=O) groups is 2. The molecule has 0 aromatic heterocycles. The van der Waals surface area contributed by atoms with Crippen molar-refractivity contribution in [3.8, 4) is 0 Å². The third-order valence-corrected chi connectivity index (χ3v) is 2.79. The Balaban J connectivity index is 2.51. The highest BCUT2D eigenvalue weighted by atomic mass is 35.5. The molecule has 0 heterocycles. The van der Waals surface area contributed by atoms with Crippen molar-refractivity contribution in [3.05, 3.63) is 34.9 Å². The molecule has 0 saturated heterocycles. The quantitative estimate of drug-likeness (QED) is 0.656. The maximum atomic E-state index is 11.8. The van der Waals surface area contributed by atoms with Gasteiger partial charge in [0.25, 0.3) is 5.91 Å². The average Bonchev–Trinajstić information content (AvgIpc) is 2.39. The van der Waals surface area contributed by atoms with Crippen molar-refractivity contribution in [3.63, 3.8) is 0 Å². The molecule has 20 heavy (non-hydrogen) atoms. The second-order valence-electron chi connectivity index (χ2n) is 3.91. The van der Waals surface area contributed by atoms with Gasteiger partial charge in [0.1, 0.15) is 6.04 Å². The largest absolute Gasteiger partial charge is 0.464 e. The summed E-state index contributed by atoms with van der Waals surface area (Å²) in [4.78, 5) is 23.2. The van der Waals surface area contributed by atoms with Crippen LogP contribution in [-0.4, -0.2) is 29.6 Å². The molecule has 1 aromatic rings. The molecule has 0 saturated carbocycles. The van der Waals surface area contributed by atoms with E-state index in [0.717, 1.165) is 0 Å². The summed E-state index contributed by atoms with van der Waals surface area (Å²) in [5, 5.41) is 5.75. The second-order valence-corrected chi connectivity index (χ2v) is 4.75. The van der Waals surface area contributed by atoms with Crippen LogP contribution >= 0.6 is 23.8 Å². The number of hydrogen-bond donors (Lipinski definition) is 2. The van der Waals surface area contributed by atoms with E-state index in [4.69, 9.17) is 28.6 Å². The maximum Gasteiger partial charge on any atom is 0.328 e. The lowest BCUT2D eigenvalue weighted by Gasteiger charge is -2.15. The Morgan fingerprint density at radius 1 is 1.35 bits per heavy atom. The summed E-state index contributed by atoms with van der Waals surface area (Å²) in [6.45, 7) is 3.60. The third kappa shape index (κ3) is 5.14. The lowest BCUT2D eigenvalue weighted by atomic mass is 10.2. The van der Waals surface area contributed by atoms with E-state index in [1.807, 2.05) is 0 Å². The Labute approximate surface area is 127 Å². The van der Waals surface area contributed by atoms with Gasteiger partial charge in [-0.05, 0) is 50.3 Å². The van der Waals surface area contributed by atoms with Crippen LogP contribution in [0.15, 0.2) is 24.3 Å². The Morgan fingerprint density at radius 3 is 2.50 bits per heavy atom. The Bertz CT molecular complexity index is 505. The fourth-order valence-corrected chi connectivity index (χ4v) is 1.73. The van der Waals surface area contributed by atoms with E-state index >= 15 is 0 Å². The van der Waals surface area contributed by atoms with Gasteiger partial charge >= 0.3 is 5.97 Å². The monoisotopic (exact) mass is 314 g/mol. The fourth-order valence-electron chi connectivity index (χ4n) is 1.34. The van der Waals surface area contributed by atoms with Crippen LogP contribution in [0.1, 0.15) is 24.2 Å². The number of thiocarbonyl (C=S) groups is 1. The molecule has 2 N–H and O–H groups in total. The summed E-state index contributed by atoms with van der Waals surface area (Å²) in [5.74, 6) is -0.814. The van der Waals surface area contributed by atoms with Gasteiger partial charge in [-0.2, -0.15) is 0 Å². The number of ether oxygens (including phenoxy) is 1. The van der Waals surface area contributed by atoms with E-state index in [1.165, 1.54) is 0 Å². The molecule has 1 unspecified atom stereocenters. The summed E-state index contributed by atoms with van der Waals surface area (Å²) in [6.07, 6.45) is 0. The second kappa shape index (κ2) is 7.81. The standard InChI is InChI=1S/C13H15ClN2O3S/c1-3-19-12(18)8(2)15-13(20)16-11(17)9-4-6-10(14)7-5-9/h4-8H,3H2,1-2H3,(H2,15,16,17,20). The number of benzene rings is 1. The zero-order valence-corrected chi connectivity index (χ0v) is 12.7. The van der Waals surface area contributed by atoms with Crippen LogP contribution in [0, 0.1) is 0 Å². The van der Waals surface area contributed by atoms with Gasteiger partial charge in [-0.3, -0.25) is 10.1 Å². The van der Waals surface area contributed by atoms with Gasteiger partial charge in [0.2, 0.25) is 0 Å². The summed E-state index contributed by atoms with van der Waals surface area (Å²) in [5.41, 5.74) is 0.419. The molecule has 0 aliphatic heterocycles. The Hall–Kier alpha value is -1.66. The topological polar surface area (TPSA) is 67.4 Å². The molecule has 108 valence electrons. The van der Waals surface area contributed by atoms with Gasteiger partial charge in [0.15, 0.2) is 5.11 Å². The molecule has 0 aliphatic carbocycles. The number of rotatable bonds is 4. The maximum absolute atomic E-state index is 11.8. The van der Waals surface area contributed by atoms with E-state index in [1.54, 1.807) is 38.1 Å². The average molecular weight is 315 g/mol. The molecular weight excluding hydrogens is 300 g/mol. The zero-order chi connectivity index (χ0) is 15.1. The van der Waals surface area contributed by atoms with E-state index in [2.05, 4.69) is 10.6 Å². The van der Waals surface area contributed by atoms with Crippen molar-refractivity contribution < 1.29 is 14.3 Å². The van der Waals surface area contributed by atoms with E-state index in [-0.39, 0.29) is 17.6 Å². The highest BCUT2D eigenvalue weighted by Gasteiger charge is 2.16. The number of esters is 1. The number of halogens is 1. The van der Waals surface area contributed by atoms with Crippen molar-refractivity contribution in [1.82, 2.24) is 10.6 Å². The molecule has 1 atom stereocenters. The van der Waals surface area contributed by atoms with Crippen LogP contribution in [-0.2, 0) is 9.53 Å². The fraction of sp³-hybridized carbons (Fsp3) is 0.308. The lowest BCUT2D eigenvalue weighted by molar-refractivity contribution is -0.144. The summed E-state index contributed by atoms with van der Waals surface area (Å²) >= 11 is 10.7. The minimum absolute atomic E-state index is 0.0607. The van der Waals surface area contributed by atoms with E-state index in [0.29, 0.717) is 10.6 Å². The van der Waals surface area contributed by atoms with Crippen molar-refractivity contribution in [2.75, 3.05) is 6.61 Å². The first-order valence-electron chi connectivity index (χ1n) is 5.98. The van der Waals surface area contributed by atoms with Crippen molar-refractivity contribution in [2.45, 2.75) is 19.9 Å². The Kier molecular flexibility index (Phi) is 6.41. The van der Waals surface area contributed by atoms with Crippen LogP contribution in [0.25, 0.3) is 0 Å². The summed E-state index contributed by atoms with van der Waals surface area (Å²) in [6, 6.07) is 5.74. The molecule has 5 nitrogen and oxygen atoms in total. The smallest absolute Gasteiger partial charge is 0.328 e. The zero-order valence-electron chi connectivity index (χ0n) is 11.1. The predicted octanol–water partition coefficient (Wildman–Crippen LogP) is 1.90. The van der Waals surface area contributed by atoms with Gasteiger partial charge in [0, 0.05) is 10.6 Å². The molecule has 0 fully saturated rings. The molecule has 0 aliphatic rings. The minimum atomic E-state index is -0.632. The highest BCUT2D eigenvalue weighted by molar-refractivity contribution is 7.80. The van der Waals surface area contributed by atoms with Crippen molar-refractivity contribution >= 4 is 40.8 Å². The predicted molar refractivity (Wildman–Crippen MR) is 80.7 cm³/mol. The Morgan fingerprint density at radius 2 is 1.95 bits per heavy atom. The summed E-state index contributed by atoms with van der Waals surface area (Å²) < 4.78 is 4.82. The lowest BCUT2D eigenvalue weighted by Crippen LogP contribution is -2.46. The first-order chi connectivity index (χ1) is 9.43. The van der Waals surface area contributed by atoms with Crippen LogP contribution in [0.3, 0.4) is 0 Å². The molecule has 0 radical (unpaired) electrons. The van der Waals surface area contributed by atoms with Crippen LogP contribution < -0.4 is 10.6 Å². The van der Waals surface area contributed by atoms with Gasteiger partial charge in [0.05, 0.1) is 6.61 Å². The SMILES string of the molecule is CCOC(=O)C(C)NC(=S)NC(=O)c1ccc(Cl)cc1. The van der Waals surface area contributed by atoms with E-state index in [9.17, 15) is 9.59 Å². The van der Waals surface area contributed by atoms with Gasteiger partial charge in [-0.25, -0.2) is 4.79 Å². The van der Waals surface area contributed by atoms with Crippen molar-refractivity contribution in [2.24, 2.45) is 0 Å². The molecule has 7 heteroatoms. The van der Waals surface area contributed by atoms with E-state index < -0.39 is 12.0 Å². The van der Waals surface area contributed by atoms with Crippen LogP contribution in [0.4, 0.5) is 0 Å². The number of carbonyl (C=O) groups excluding carboxylic acids is 2. The van der Waals surface area contributed by atoms with Crippen LogP contribution in [0.5, 0.6) is 0 Å². The van der Waals surface area contributed by atoms with Crippen LogP contribution in [0.2, 0.25) is 5.02 Å². The molecular formula is C13H15ClN2O3S. The third-order valence-electron chi connectivity index (χ3n) is 2.32. The molecule has 1 aromatic carbocycles. The molecule has 0 spiro atoms. The highest BCUT2D eigenvalue weighted by Crippen LogP contribution is 2.09. The molecule has 1 amide bonds. The summed E-state index contributed by atoms with van der Waals surface area (Å²) in [7, 11) is 0.